The van der Waals surface area contributed by atoms with Crippen molar-refractivity contribution in [2.75, 3.05) is 0 Å². The minimum Gasteiger partial charge on any atom is -0.0848 e. The van der Waals surface area contributed by atoms with Crippen LogP contribution in [-0.4, -0.2) is 0 Å². The molecule has 1 aromatic carbocycles. The Labute approximate surface area is 177 Å². The average molecular weight is 432 g/mol. The first-order valence-electron chi connectivity index (χ1n) is 10.1. The molecular formula is C26H39Br. The second-order valence-electron chi connectivity index (χ2n) is 8.04. The third kappa shape index (κ3) is 12.6. The molecule has 0 spiro atoms. The summed E-state index contributed by atoms with van der Waals surface area (Å²) in [7, 11) is 0. The van der Waals surface area contributed by atoms with Crippen molar-refractivity contribution in [1.82, 2.24) is 0 Å². The molecule has 0 unspecified atom stereocenters. The molecule has 0 amide bonds. The number of rotatable bonds is 6. The van der Waals surface area contributed by atoms with E-state index in [-0.39, 0.29) is 5.41 Å². The van der Waals surface area contributed by atoms with Gasteiger partial charge in [-0.2, -0.15) is 0 Å². The Bertz CT molecular complexity index is 660. The lowest BCUT2D eigenvalue weighted by molar-refractivity contribution is 0.590. The van der Waals surface area contributed by atoms with Crippen molar-refractivity contribution >= 4 is 22.0 Å². The van der Waals surface area contributed by atoms with Gasteiger partial charge in [0.1, 0.15) is 0 Å². The summed E-state index contributed by atoms with van der Waals surface area (Å²) in [6.45, 7) is 17.5. The minimum absolute atomic E-state index is 0.219. The molecule has 0 saturated heterocycles. The highest BCUT2D eigenvalue weighted by Crippen LogP contribution is 2.26. The number of allylic oxidation sites excluding steroid dienone is 7. The van der Waals surface area contributed by atoms with Crippen molar-refractivity contribution < 1.29 is 0 Å². The molecule has 0 atom stereocenters. The van der Waals surface area contributed by atoms with Crippen LogP contribution >= 0.6 is 15.9 Å². The van der Waals surface area contributed by atoms with E-state index in [1.807, 2.05) is 0 Å². The molecular weight excluding hydrogens is 392 g/mol. The predicted octanol–water partition coefficient (Wildman–Crippen LogP) is 9.30. The van der Waals surface area contributed by atoms with Crippen LogP contribution in [0.3, 0.4) is 0 Å². The first-order valence-corrected chi connectivity index (χ1v) is 10.8. The van der Waals surface area contributed by atoms with Gasteiger partial charge < -0.3 is 0 Å². The van der Waals surface area contributed by atoms with E-state index in [1.54, 1.807) is 0 Å². The Morgan fingerprint density at radius 1 is 1.04 bits per heavy atom. The van der Waals surface area contributed by atoms with Gasteiger partial charge in [0.2, 0.25) is 0 Å². The van der Waals surface area contributed by atoms with Crippen LogP contribution in [0.2, 0.25) is 0 Å². The van der Waals surface area contributed by atoms with E-state index >= 15 is 0 Å². The van der Waals surface area contributed by atoms with Crippen LogP contribution < -0.4 is 0 Å². The Kier molecular flexibility index (Phi) is 13.1. The standard InChI is InChI=1S/C14H19Br.C12H20/c1-10-6-7-13(14(3,4)5)9-12(10)8-11(2)15;1-4-6-7-8-9-11-12(3)10-5-2/h6-9H,1-5H3;6-9,11H,4-5,10H2,1-3H3/b11-8+;7-6+,9-8-,12-11+. The van der Waals surface area contributed by atoms with Crippen LogP contribution in [-0.2, 0) is 5.41 Å². The second-order valence-corrected chi connectivity index (χ2v) is 9.29. The molecule has 0 bridgehead atoms. The van der Waals surface area contributed by atoms with Gasteiger partial charge in [-0.1, -0.05) is 111 Å². The zero-order valence-corrected chi connectivity index (χ0v) is 20.3. The van der Waals surface area contributed by atoms with Gasteiger partial charge in [-0.15, -0.1) is 0 Å². The molecule has 0 aliphatic heterocycles. The SMILES string of the molecule is C/C(Br)=C\c1cc(C(C)(C)C)ccc1C.CC/C=C/C=C\C=C(/C)CCC. The largest absolute Gasteiger partial charge is 0.0848 e. The maximum atomic E-state index is 3.48. The Morgan fingerprint density at radius 3 is 2.22 bits per heavy atom. The number of benzene rings is 1. The zero-order chi connectivity index (χ0) is 20.9. The van der Waals surface area contributed by atoms with Crippen molar-refractivity contribution in [2.24, 2.45) is 0 Å². The molecule has 1 heteroatoms. The molecule has 0 radical (unpaired) electrons. The van der Waals surface area contributed by atoms with Gasteiger partial charge in [-0.25, -0.2) is 0 Å². The van der Waals surface area contributed by atoms with Crippen LogP contribution in [0.4, 0.5) is 0 Å². The minimum atomic E-state index is 0.219. The highest BCUT2D eigenvalue weighted by Gasteiger charge is 2.13. The van der Waals surface area contributed by atoms with Gasteiger partial charge in [-0.3, -0.25) is 0 Å². The van der Waals surface area contributed by atoms with Crippen LogP contribution in [0.25, 0.3) is 6.08 Å². The predicted molar refractivity (Wildman–Crippen MR) is 130 cm³/mol. The van der Waals surface area contributed by atoms with E-state index in [2.05, 4.69) is 126 Å². The highest BCUT2D eigenvalue weighted by atomic mass is 79.9. The summed E-state index contributed by atoms with van der Waals surface area (Å²) in [6, 6.07) is 6.69. The van der Waals surface area contributed by atoms with Gasteiger partial charge in [0, 0.05) is 0 Å². The van der Waals surface area contributed by atoms with Gasteiger partial charge in [0.05, 0.1) is 0 Å². The first kappa shape index (κ1) is 25.7. The third-order valence-electron chi connectivity index (χ3n) is 4.12. The van der Waals surface area contributed by atoms with E-state index in [0.717, 1.165) is 10.9 Å². The van der Waals surface area contributed by atoms with E-state index in [4.69, 9.17) is 0 Å². The van der Waals surface area contributed by atoms with Gasteiger partial charge in [0.15, 0.2) is 0 Å². The monoisotopic (exact) mass is 430 g/mol. The van der Waals surface area contributed by atoms with Crippen LogP contribution in [0.15, 0.2) is 58.6 Å². The molecule has 0 heterocycles. The molecule has 0 aromatic heterocycles. The average Bonchev–Trinajstić information content (AvgIpc) is 2.56. The van der Waals surface area contributed by atoms with Crippen LogP contribution in [0.5, 0.6) is 0 Å². The van der Waals surface area contributed by atoms with Crippen LogP contribution in [0.1, 0.15) is 84.4 Å². The lowest BCUT2D eigenvalue weighted by Crippen LogP contribution is -2.11. The second kappa shape index (κ2) is 13.8. The fraction of sp³-hybridized carbons (Fsp3) is 0.462. The quantitative estimate of drug-likeness (QED) is 0.394. The van der Waals surface area contributed by atoms with Crippen molar-refractivity contribution in [3.63, 3.8) is 0 Å². The lowest BCUT2D eigenvalue weighted by Gasteiger charge is -2.20. The highest BCUT2D eigenvalue weighted by molar-refractivity contribution is 9.11. The maximum absolute atomic E-state index is 3.48. The number of hydrogen-bond donors (Lipinski definition) is 0. The normalized spacial score (nSPS) is 13.2. The first-order chi connectivity index (χ1) is 12.6. The fourth-order valence-corrected chi connectivity index (χ4v) is 2.70. The fourth-order valence-electron chi connectivity index (χ4n) is 2.45. The molecule has 0 aliphatic carbocycles. The zero-order valence-electron chi connectivity index (χ0n) is 18.7. The molecule has 150 valence electrons. The smallest absolute Gasteiger partial charge is 0.00744 e. The Morgan fingerprint density at radius 2 is 1.70 bits per heavy atom. The molecule has 0 nitrogen and oxygen atoms in total. The maximum Gasteiger partial charge on any atom is -0.00744 e. The summed E-state index contributed by atoms with van der Waals surface area (Å²) in [5, 5.41) is 0. The van der Waals surface area contributed by atoms with Gasteiger partial charge in [-0.05, 0) is 66.3 Å². The lowest BCUT2D eigenvalue weighted by atomic mass is 9.85. The van der Waals surface area contributed by atoms with Crippen LogP contribution in [0, 0.1) is 6.92 Å². The van der Waals surface area contributed by atoms with Crippen molar-refractivity contribution in [2.45, 2.75) is 80.1 Å². The van der Waals surface area contributed by atoms with Crippen molar-refractivity contribution in [1.29, 1.82) is 0 Å². The van der Waals surface area contributed by atoms with E-state index in [1.165, 1.54) is 35.1 Å². The molecule has 0 fully saturated rings. The number of aryl methyl sites for hydroxylation is 1. The van der Waals surface area contributed by atoms with Gasteiger partial charge >= 0.3 is 0 Å². The molecule has 0 N–H and O–H groups in total. The number of hydrogen-bond acceptors (Lipinski definition) is 0. The molecule has 1 aromatic rings. The summed E-state index contributed by atoms with van der Waals surface area (Å²) in [5.74, 6) is 0. The summed E-state index contributed by atoms with van der Waals surface area (Å²) < 4.78 is 1.16. The summed E-state index contributed by atoms with van der Waals surface area (Å²) in [5.41, 5.74) is 5.68. The summed E-state index contributed by atoms with van der Waals surface area (Å²) in [4.78, 5) is 0. The summed E-state index contributed by atoms with van der Waals surface area (Å²) in [6.07, 6.45) is 16.4. The van der Waals surface area contributed by atoms with E-state index in [9.17, 15) is 0 Å². The third-order valence-corrected chi connectivity index (χ3v) is 4.35. The molecule has 0 saturated carbocycles. The molecule has 27 heavy (non-hydrogen) atoms. The van der Waals surface area contributed by atoms with Crippen molar-refractivity contribution in [3.05, 3.63) is 75.3 Å². The van der Waals surface area contributed by atoms with Crippen molar-refractivity contribution in [3.8, 4) is 0 Å². The number of halogens is 1. The van der Waals surface area contributed by atoms with Gasteiger partial charge in [0.25, 0.3) is 0 Å². The Balaban J connectivity index is 0.000000516. The molecule has 1 rings (SSSR count). The molecule has 0 aliphatic rings. The topological polar surface area (TPSA) is 0 Å². The van der Waals surface area contributed by atoms with E-state index in [0.29, 0.717) is 0 Å². The summed E-state index contributed by atoms with van der Waals surface area (Å²) >= 11 is 3.48. The van der Waals surface area contributed by atoms with E-state index < -0.39 is 0 Å². The Hall–Kier alpha value is -1.34.